The van der Waals surface area contributed by atoms with Crippen molar-refractivity contribution in [2.24, 2.45) is 5.92 Å². The molecule has 0 aliphatic carbocycles. The molecule has 1 atom stereocenters. The van der Waals surface area contributed by atoms with E-state index in [2.05, 4.69) is 24.9 Å². The van der Waals surface area contributed by atoms with Gasteiger partial charge in [-0.15, -0.1) is 0 Å². The summed E-state index contributed by atoms with van der Waals surface area (Å²) < 4.78 is 5.89. The molecule has 0 N–H and O–H groups in total. The van der Waals surface area contributed by atoms with Crippen LogP contribution in [0.5, 0.6) is 5.75 Å². The zero-order chi connectivity index (χ0) is 13.7. The molecule has 1 aromatic carbocycles. The molecule has 1 aromatic heterocycles. The number of ether oxygens (including phenoxy) is 1. The van der Waals surface area contributed by atoms with Crippen LogP contribution in [0.3, 0.4) is 0 Å². The minimum absolute atomic E-state index is 0.489. The molecule has 0 bridgehead atoms. The second-order valence-corrected chi connectivity index (χ2v) is 4.83. The maximum absolute atomic E-state index is 9.18. The Labute approximate surface area is 113 Å². The molecular weight excluding hydrogens is 236 g/mol. The monoisotopic (exact) mass is 254 g/mol. The van der Waals surface area contributed by atoms with E-state index >= 15 is 0 Å². The van der Waals surface area contributed by atoms with Crippen LogP contribution in [0.25, 0.3) is 10.9 Å². The number of nitriles is 1. The Morgan fingerprint density at radius 1 is 1.37 bits per heavy atom. The van der Waals surface area contributed by atoms with Gasteiger partial charge in [0, 0.05) is 11.6 Å². The molecule has 0 spiro atoms. The normalized spacial score (nSPS) is 12.1. The summed E-state index contributed by atoms with van der Waals surface area (Å²) in [6, 6.07) is 9.91. The summed E-state index contributed by atoms with van der Waals surface area (Å²) in [4.78, 5) is 4.27. The van der Waals surface area contributed by atoms with Crippen LogP contribution >= 0.6 is 0 Å². The van der Waals surface area contributed by atoms with Crippen LogP contribution in [0.15, 0.2) is 30.5 Å². The zero-order valence-corrected chi connectivity index (χ0v) is 11.4. The van der Waals surface area contributed by atoms with E-state index in [4.69, 9.17) is 4.74 Å². The van der Waals surface area contributed by atoms with Crippen molar-refractivity contribution in [3.05, 3.63) is 36.0 Å². The number of fused-ring (bicyclic) bond motifs is 1. The molecule has 0 fully saturated rings. The van der Waals surface area contributed by atoms with Gasteiger partial charge >= 0.3 is 0 Å². The lowest BCUT2D eigenvalue weighted by molar-refractivity contribution is 0.253. The van der Waals surface area contributed by atoms with Gasteiger partial charge in [-0.25, -0.2) is 0 Å². The van der Waals surface area contributed by atoms with E-state index in [0.29, 0.717) is 23.8 Å². The van der Waals surface area contributed by atoms with Crippen molar-refractivity contribution in [1.82, 2.24) is 4.98 Å². The number of rotatable bonds is 5. The van der Waals surface area contributed by atoms with Gasteiger partial charge in [0.05, 0.1) is 12.1 Å². The van der Waals surface area contributed by atoms with E-state index in [-0.39, 0.29) is 0 Å². The summed E-state index contributed by atoms with van der Waals surface area (Å²) in [5.74, 6) is 1.15. The third-order valence-electron chi connectivity index (χ3n) is 3.14. The first-order chi connectivity index (χ1) is 9.26. The first-order valence-corrected chi connectivity index (χ1v) is 6.67. The molecule has 0 aliphatic heterocycles. The van der Waals surface area contributed by atoms with Gasteiger partial charge in [-0.1, -0.05) is 32.4 Å². The zero-order valence-electron chi connectivity index (χ0n) is 11.4. The highest BCUT2D eigenvalue weighted by Gasteiger charge is 2.11. The highest BCUT2D eigenvalue weighted by Crippen LogP contribution is 2.28. The third-order valence-corrected chi connectivity index (χ3v) is 3.14. The van der Waals surface area contributed by atoms with Crippen LogP contribution in [0.2, 0.25) is 0 Å². The number of hydrogen-bond acceptors (Lipinski definition) is 3. The van der Waals surface area contributed by atoms with Gasteiger partial charge in [-0.3, -0.25) is 4.98 Å². The average Bonchev–Trinajstić information content (AvgIpc) is 2.44. The highest BCUT2D eigenvalue weighted by atomic mass is 16.5. The number of benzene rings is 1. The van der Waals surface area contributed by atoms with E-state index in [1.165, 1.54) is 0 Å². The Bertz CT molecular complexity index is 601. The number of para-hydroxylation sites is 1. The fourth-order valence-corrected chi connectivity index (χ4v) is 2.15. The highest BCUT2D eigenvalue weighted by molar-refractivity contribution is 5.87. The maximum atomic E-state index is 9.18. The van der Waals surface area contributed by atoms with E-state index in [1.807, 2.05) is 24.3 Å². The molecule has 0 saturated heterocycles. The minimum atomic E-state index is 0.489. The molecule has 3 nitrogen and oxygen atoms in total. The Balaban J connectivity index is 2.32. The van der Waals surface area contributed by atoms with Crippen molar-refractivity contribution in [2.45, 2.75) is 26.7 Å². The Morgan fingerprint density at radius 2 is 2.16 bits per heavy atom. The van der Waals surface area contributed by atoms with E-state index < -0.39 is 0 Å². The molecule has 0 radical (unpaired) electrons. The fourth-order valence-electron chi connectivity index (χ4n) is 2.15. The minimum Gasteiger partial charge on any atom is -0.491 e. The van der Waals surface area contributed by atoms with Crippen molar-refractivity contribution in [1.29, 1.82) is 5.26 Å². The van der Waals surface area contributed by atoms with Crippen LogP contribution in [-0.2, 0) is 0 Å². The number of nitrogens with zero attached hydrogens (tertiary/aromatic N) is 2. The SMILES string of the molecule is CCCC(C)COc1c(C#N)cnc2ccccc12. The number of aromatic nitrogens is 1. The molecule has 19 heavy (non-hydrogen) atoms. The van der Waals surface area contributed by atoms with Gasteiger partial charge in [-0.05, 0) is 24.5 Å². The van der Waals surface area contributed by atoms with E-state index in [0.717, 1.165) is 23.7 Å². The molecule has 1 unspecified atom stereocenters. The Kier molecular flexibility index (Phi) is 4.35. The topological polar surface area (TPSA) is 45.9 Å². The Morgan fingerprint density at radius 3 is 2.89 bits per heavy atom. The van der Waals surface area contributed by atoms with Gasteiger partial charge in [0.15, 0.2) is 0 Å². The van der Waals surface area contributed by atoms with Crippen LogP contribution in [0.1, 0.15) is 32.3 Å². The standard InChI is InChI=1S/C16H18N2O/c1-3-6-12(2)11-19-16-13(9-17)10-18-15-8-5-4-7-14(15)16/h4-5,7-8,10,12H,3,6,11H2,1-2H3. The molecule has 0 aliphatic rings. The third kappa shape index (κ3) is 3.03. The average molecular weight is 254 g/mol. The first-order valence-electron chi connectivity index (χ1n) is 6.67. The van der Waals surface area contributed by atoms with Gasteiger partial charge in [-0.2, -0.15) is 5.26 Å². The molecular formula is C16H18N2O. The summed E-state index contributed by atoms with van der Waals surface area (Å²) in [6.45, 7) is 4.97. The number of pyridine rings is 1. The van der Waals surface area contributed by atoms with Crippen LogP contribution in [-0.4, -0.2) is 11.6 Å². The second-order valence-electron chi connectivity index (χ2n) is 4.83. The van der Waals surface area contributed by atoms with Crippen molar-refractivity contribution >= 4 is 10.9 Å². The first kappa shape index (κ1) is 13.4. The van der Waals surface area contributed by atoms with Crippen molar-refractivity contribution in [2.75, 3.05) is 6.61 Å². The molecule has 2 aromatic rings. The summed E-state index contributed by atoms with van der Waals surface area (Å²) in [6.07, 6.45) is 3.86. The summed E-state index contributed by atoms with van der Waals surface area (Å²) in [7, 11) is 0. The van der Waals surface area contributed by atoms with Gasteiger partial charge in [0.25, 0.3) is 0 Å². The smallest absolute Gasteiger partial charge is 0.148 e. The maximum Gasteiger partial charge on any atom is 0.148 e. The summed E-state index contributed by atoms with van der Waals surface area (Å²) >= 11 is 0. The molecule has 0 saturated carbocycles. The summed E-state index contributed by atoms with van der Waals surface area (Å²) in [5.41, 5.74) is 1.36. The second kappa shape index (κ2) is 6.19. The largest absolute Gasteiger partial charge is 0.491 e. The molecule has 1 heterocycles. The van der Waals surface area contributed by atoms with Crippen molar-refractivity contribution < 1.29 is 4.74 Å². The number of hydrogen-bond donors (Lipinski definition) is 0. The van der Waals surface area contributed by atoms with Crippen LogP contribution in [0.4, 0.5) is 0 Å². The quantitative estimate of drug-likeness (QED) is 0.812. The van der Waals surface area contributed by atoms with Crippen molar-refractivity contribution in [3.63, 3.8) is 0 Å². The lowest BCUT2D eigenvalue weighted by Gasteiger charge is -2.14. The molecule has 98 valence electrons. The van der Waals surface area contributed by atoms with Crippen molar-refractivity contribution in [3.8, 4) is 11.8 Å². The van der Waals surface area contributed by atoms with E-state index in [1.54, 1.807) is 6.20 Å². The fraction of sp³-hybridized carbons (Fsp3) is 0.375. The Hall–Kier alpha value is -2.08. The summed E-state index contributed by atoms with van der Waals surface area (Å²) in [5, 5.41) is 10.1. The van der Waals surface area contributed by atoms with Gasteiger partial charge < -0.3 is 4.74 Å². The van der Waals surface area contributed by atoms with Gasteiger partial charge in [0.1, 0.15) is 17.4 Å². The van der Waals surface area contributed by atoms with Crippen LogP contribution < -0.4 is 4.74 Å². The van der Waals surface area contributed by atoms with Crippen LogP contribution in [0, 0.1) is 17.2 Å². The van der Waals surface area contributed by atoms with E-state index in [9.17, 15) is 5.26 Å². The lowest BCUT2D eigenvalue weighted by Crippen LogP contribution is -2.09. The predicted octanol–water partition coefficient (Wildman–Crippen LogP) is 3.92. The van der Waals surface area contributed by atoms with Gasteiger partial charge in [0.2, 0.25) is 0 Å². The molecule has 2 rings (SSSR count). The molecule has 3 heteroatoms. The lowest BCUT2D eigenvalue weighted by atomic mass is 10.1. The molecule has 0 amide bonds. The predicted molar refractivity (Wildman–Crippen MR) is 76.0 cm³/mol.